The minimum Gasteiger partial charge on any atom is -0.322 e. The van der Waals surface area contributed by atoms with Crippen molar-refractivity contribution in [3.63, 3.8) is 0 Å². The summed E-state index contributed by atoms with van der Waals surface area (Å²) in [5.74, 6) is -0.118. The summed E-state index contributed by atoms with van der Waals surface area (Å²) in [6.07, 6.45) is 7.52. The molecule has 2 rings (SSSR count). The van der Waals surface area contributed by atoms with Gasteiger partial charge in [0, 0.05) is 23.6 Å². The molecule has 0 aliphatic carbocycles. The highest BCUT2D eigenvalue weighted by Gasteiger charge is 2.06. The normalized spacial score (nSPS) is 11.6. The lowest BCUT2D eigenvalue weighted by molar-refractivity contribution is 0.102. The number of hydrogen-bond donors (Lipinski definition) is 1. The molecule has 1 amide bonds. The quantitative estimate of drug-likeness (QED) is 0.905. The number of carbonyl (C=O) groups excluding carboxylic acids is 1. The number of hydrogen-bond acceptors (Lipinski definition) is 2. The van der Waals surface area contributed by atoms with Gasteiger partial charge in [-0.2, -0.15) is 0 Å². The van der Waals surface area contributed by atoms with Crippen LogP contribution in [0.4, 0.5) is 5.69 Å². The van der Waals surface area contributed by atoms with Crippen molar-refractivity contribution >= 4 is 17.7 Å². The predicted molar refractivity (Wildman–Crippen MR) is 87.1 cm³/mol. The first-order valence-corrected chi connectivity index (χ1v) is 6.95. The molecule has 0 radical (unpaired) electrons. The molecule has 2 aromatic rings. The van der Waals surface area contributed by atoms with Gasteiger partial charge in [-0.25, -0.2) is 0 Å². The van der Waals surface area contributed by atoms with Crippen LogP contribution in [0.5, 0.6) is 0 Å². The van der Waals surface area contributed by atoms with E-state index in [4.69, 9.17) is 0 Å². The fourth-order valence-corrected chi connectivity index (χ4v) is 1.73. The maximum Gasteiger partial charge on any atom is 0.255 e. The van der Waals surface area contributed by atoms with Crippen LogP contribution in [0.3, 0.4) is 0 Å². The molecule has 1 N–H and O–H groups in total. The zero-order chi connectivity index (χ0) is 15.3. The standard InChI is InChI=1S/C18H20N2O/c1-18(2,3)11-8-14-4-6-15(7-5-14)17(21)20-16-9-12-19-13-10-16/h4-13H,1-3H3,(H,19,20,21). The van der Waals surface area contributed by atoms with E-state index in [2.05, 4.69) is 43.2 Å². The SMILES string of the molecule is CC(C)(C)C=Cc1ccc(C(=O)Nc2ccncc2)cc1. The molecular formula is C18H20N2O. The Labute approximate surface area is 125 Å². The number of aromatic nitrogens is 1. The fraction of sp³-hybridized carbons (Fsp3) is 0.222. The molecule has 21 heavy (non-hydrogen) atoms. The molecule has 1 heterocycles. The topological polar surface area (TPSA) is 42.0 Å². The fourth-order valence-electron chi connectivity index (χ4n) is 1.73. The number of rotatable bonds is 3. The van der Waals surface area contributed by atoms with Crippen molar-refractivity contribution in [3.8, 4) is 0 Å². The van der Waals surface area contributed by atoms with Crippen molar-refractivity contribution in [2.75, 3.05) is 5.32 Å². The van der Waals surface area contributed by atoms with E-state index in [9.17, 15) is 4.79 Å². The molecule has 0 spiro atoms. The van der Waals surface area contributed by atoms with Crippen LogP contribution in [0, 0.1) is 5.41 Å². The third-order valence-electron chi connectivity index (χ3n) is 2.89. The second kappa shape index (κ2) is 6.35. The molecule has 0 atom stereocenters. The number of pyridine rings is 1. The summed E-state index contributed by atoms with van der Waals surface area (Å²) < 4.78 is 0. The summed E-state index contributed by atoms with van der Waals surface area (Å²) in [5.41, 5.74) is 2.62. The summed E-state index contributed by atoms with van der Waals surface area (Å²) in [5, 5.41) is 2.84. The second-order valence-electron chi connectivity index (χ2n) is 6.01. The average molecular weight is 280 g/mol. The van der Waals surface area contributed by atoms with Gasteiger partial charge in [0.2, 0.25) is 0 Å². The molecule has 0 aliphatic rings. The van der Waals surface area contributed by atoms with Gasteiger partial charge in [-0.1, -0.05) is 45.1 Å². The Balaban J connectivity index is 2.05. The van der Waals surface area contributed by atoms with Crippen molar-refractivity contribution in [1.82, 2.24) is 4.98 Å². The van der Waals surface area contributed by atoms with Crippen LogP contribution < -0.4 is 5.32 Å². The van der Waals surface area contributed by atoms with Gasteiger partial charge in [0.1, 0.15) is 0 Å². The van der Waals surface area contributed by atoms with Crippen LogP contribution in [0.2, 0.25) is 0 Å². The third kappa shape index (κ3) is 4.88. The third-order valence-corrected chi connectivity index (χ3v) is 2.89. The lowest BCUT2D eigenvalue weighted by Gasteiger charge is -2.11. The number of allylic oxidation sites excluding steroid dienone is 1. The summed E-state index contributed by atoms with van der Waals surface area (Å²) in [4.78, 5) is 16.0. The summed E-state index contributed by atoms with van der Waals surface area (Å²) in [6.45, 7) is 6.46. The number of carbonyl (C=O) groups is 1. The highest BCUT2D eigenvalue weighted by atomic mass is 16.1. The van der Waals surface area contributed by atoms with Gasteiger partial charge in [-0.15, -0.1) is 0 Å². The molecule has 1 aromatic carbocycles. The van der Waals surface area contributed by atoms with E-state index in [1.165, 1.54) is 0 Å². The molecule has 0 aliphatic heterocycles. The monoisotopic (exact) mass is 280 g/mol. The molecule has 0 saturated carbocycles. The number of nitrogens with one attached hydrogen (secondary N) is 1. The zero-order valence-corrected chi connectivity index (χ0v) is 12.6. The van der Waals surface area contributed by atoms with E-state index in [1.807, 2.05) is 24.3 Å². The van der Waals surface area contributed by atoms with Crippen LogP contribution in [0.15, 0.2) is 54.9 Å². The number of amides is 1. The maximum atomic E-state index is 12.1. The van der Waals surface area contributed by atoms with Crippen LogP contribution in [-0.2, 0) is 0 Å². The number of benzene rings is 1. The molecule has 0 fully saturated rings. The Morgan fingerprint density at radius 3 is 2.24 bits per heavy atom. The van der Waals surface area contributed by atoms with E-state index < -0.39 is 0 Å². The minimum absolute atomic E-state index is 0.118. The first kappa shape index (κ1) is 15.0. The van der Waals surface area contributed by atoms with Gasteiger partial charge in [0.05, 0.1) is 0 Å². The van der Waals surface area contributed by atoms with E-state index in [1.54, 1.807) is 24.5 Å². The van der Waals surface area contributed by atoms with Crippen LogP contribution in [0.1, 0.15) is 36.7 Å². The highest BCUT2D eigenvalue weighted by Crippen LogP contribution is 2.17. The van der Waals surface area contributed by atoms with Crippen molar-refractivity contribution in [2.24, 2.45) is 5.41 Å². The number of anilines is 1. The Morgan fingerprint density at radius 2 is 1.67 bits per heavy atom. The molecule has 3 nitrogen and oxygen atoms in total. The van der Waals surface area contributed by atoms with Gasteiger partial charge in [0.15, 0.2) is 0 Å². The van der Waals surface area contributed by atoms with E-state index in [-0.39, 0.29) is 11.3 Å². The summed E-state index contributed by atoms with van der Waals surface area (Å²) >= 11 is 0. The Morgan fingerprint density at radius 1 is 1.05 bits per heavy atom. The lowest BCUT2D eigenvalue weighted by Crippen LogP contribution is -2.11. The van der Waals surface area contributed by atoms with Crippen molar-refractivity contribution in [3.05, 3.63) is 66.0 Å². The molecule has 108 valence electrons. The molecule has 0 unspecified atom stereocenters. The van der Waals surface area contributed by atoms with E-state index in [0.717, 1.165) is 11.3 Å². The Hall–Kier alpha value is -2.42. The smallest absolute Gasteiger partial charge is 0.255 e. The van der Waals surface area contributed by atoms with Gasteiger partial charge in [-0.05, 0) is 35.2 Å². The van der Waals surface area contributed by atoms with E-state index in [0.29, 0.717) is 5.56 Å². The first-order chi connectivity index (χ1) is 9.94. The molecule has 0 saturated heterocycles. The lowest BCUT2D eigenvalue weighted by atomic mass is 9.95. The maximum absolute atomic E-state index is 12.1. The van der Waals surface area contributed by atoms with Crippen LogP contribution in [-0.4, -0.2) is 10.9 Å². The first-order valence-electron chi connectivity index (χ1n) is 6.95. The van der Waals surface area contributed by atoms with Gasteiger partial charge in [0.25, 0.3) is 5.91 Å². The average Bonchev–Trinajstić information content (AvgIpc) is 2.46. The Kier molecular flexibility index (Phi) is 4.53. The predicted octanol–water partition coefficient (Wildman–Crippen LogP) is 4.39. The van der Waals surface area contributed by atoms with Crippen molar-refractivity contribution < 1.29 is 4.79 Å². The van der Waals surface area contributed by atoms with Crippen LogP contribution in [0.25, 0.3) is 6.08 Å². The van der Waals surface area contributed by atoms with Gasteiger partial charge in [-0.3, -0.25) is 9.78 Å². The van der Waals surface area contributed by atoms with E-state index >= 15 is 0 Å². The minimum atomic E-state index is -0.118. The zero-order valence-electron chi connectivity index (χ0n) is 12.6. The molecule has 0 bridgehead atoms. The molecule has 3 heteroatoms. The second-order valence-corrected chi connectivity index (χ2v) is 6.01. The Bertz CT molecular complexity index is 623. The number of nitrogens with zero attached hydrogens (tertiary/aromatic N) is 1. The highest BCUT2D eigenvalue weighted by molar-refractivity contribution is 6.04. The van der Waals surface area contributed by atoms with Crippen LogP contribution >= 0.6 is 0 Å². The van der Waals surface area contributed by atoms with Crippen molar-refractivity contribution in [1.29, 1.82) is 0 Å². The van der Waals surface area contributed by atoms with Gasteiger partial charge >= 0.3 is 0 Å². The largest absolute Gasteiger partial charge is 0.322 e. The summed E-state index contributed by atoms with van der Waals surface area (Å²) in [6, 6.07) is 11.1. The molecule has 1 aromatic heterocycles. The van der Waals surface area contributed by atoms with Crippen molar-refractivity contribution in [2.45, 2.75) is 20.8 Å². The summed E-state index contributed by atoms with van der Waals surface area (Å²) in [7, 11) is 0. The molecular weight excluding hydrogens is 260 g/mol. The van der Waals surface area contributed by atoms with Gasteiger partial charge < -0.3 is 5.32 Å².